The van der Waals surface area contributed by atoms with Gasteiger partial charge in [-0.05, 0) is 18.1 Å². The van der Waals surface area contributed by atoms with Crippen molar-refractivity contribution in [2.24, 2.45) is 0 Å². The number of aryl methyl sites for hydroxylation is 1. The first-order chi connectivity index (χ1) is 5.34. The second kappa shape index (κ2) is 3.77. The number of hydrogen-bond donors (Lipinski definition) is 0. The van der Waals surface area contributed by atoms with Crippen molar-refractivity contribution >= 4 is 6.08 Å². The van der Waals surface area contributed by atoms with Crippen LogP contribution in [-0.4, -0.2) is 0 Å². The van der Waals surface area contributed by atoms with Gasteiger partial charge in [0.05, 0.1) is 0 Å². The summed E-state index contributed by atoms with van der Waals surface area (Å²) in [6.45, 7) is 5.72. The van der Waals surface area contributed by atoms with Crippen molar-refractivity contribution in [2.75, 3.05) is 0 Å². The lowest BCUT2D eigenvalue weighted by Gasteiger charge is -1.96. The smallest absolute Gasteiger partial charge is 0.0227 e. The molecule has 0 saturated carbocycles. The Balaban J connectivity index is 2.94. The maximum Gasteiger partial charge on any atom is -0.0227 e. The van der Waals surface area contributed by atoms with Crippen LogP contribution in [0.3, 0.4) is 0 Å². The Morgan fingerprint density at radius 1 is 1.27 bits per heavy atom. The fourth-order valence-electron chi connectivity index (χ4n) is 0.945. The molecular weight excluding hydrogens is 132 g/mol. The van der Waals surface area contributed by atoms with Gasteiger partial charge in [-0.2, -0.15) is 0 Å². The fraction of sp³-hybridized carbons (Fsp3) is 0.0909. The van der Waals surface area contributed by atoms with Crippen molar-refractivity contribution < 1.29 is 0 Å². The topological polar surface area (TPSA) is 0 Å². The van der Waals surface area contributed by atoms with Crippen LogP contribution >= 0.6 is 0 Å². The number of allylic oxidation sites excluding steroid dienone is 2. The number of hydrogen-bond acceptors (Lipinski definition) is 0. The van der Waals surface area contributed by atoms with Gasteiger partial charge in [-0.1, -0.05) is 49.1 Å². The molecule has 0 aliphatic carbocycles. The van der Waals surface area contributed by atoms with E-state index in [0.29, 0.717) is 0 Å². The van der Waals surface area contributed by atoms with Crippen molar-refractivity contribution in [3.8, 4) is 0 Å². The molecule has 0 spiro atoms. The molecule has 0 nitrogen and oxygen atoms in total. The minimum absolute atomic E-state index is 1.26. The monoisotopic (exact) mass is 144 g/mol. The van der Waals surface area contributed by atoms with Gasteiger partial charge in [0, 0.05) is 0 Å². The van der Waals surface area contributed by atoms with Gasteiger partial charge in [-0.3, -0.25) is 0 Å². The summed E-state index contributed by atoms with van der Waals surface area (Å²) in [7, 11) is 0. The predicted molar refractivity (Wildman–Crippen MR) is 50.4 cm³/mol. The summed E-state index contributed by atoms with van der Waals surface area (Å²) in [5, 5.41) is 0. The van der Waals surface area contributed by atoms with Gasteiger partial charge in [-0.25, -0.2) is 0 Å². The van der Waals surface area contributed by atoms with Crippen LogP contribution in [0.15, 0.2) is 43.0 Å². The molecule has 0 unspecified atom stereocenters. The molecule has 0 atom stereocenters. The largest absolute Gasteiger partial charge is 0.0991 e. The highest BCUT2D eigenvalue weighted by atomic mass is 13.9. The molecule has 1 rings (SSSR count). The van der Waals surface area contributed by atoms with E-state index in [-0.39, 0.29) is 0 Å². The highest BCUT2D eigenvalue weighted by Gasteiger charge is 1.88. The minimum atomic E-state index is 1.26. The van der Waals surface area contributed by atoms with E-state index in [0.717, 1.165) is 0 Å². The van der Waals surface area contributed by atoms with Crippen LogP contribution in [0, 0.1) is 6.92 Å². The zero-order chi connectivity index (χ0) is 8.10. The molecule has 56 valence electrons. The Morgan fingerprint density at radius 3 is 2.64 bits per heavy atom. The normalized spacial score (nSPS) is 10.3. The lowest BCUT2D eigenvalue weighted by atomic mass is 10.1. The SMILES string of the molecule is C=C/C=C\c1ccccc1C. The third kappa shape index (κ3) is 2.08. The third-order valence-corrected chi connectivity index (χ3v) is 1.60. The fourth-order valence-corrected chi connectivity index (χ4v) is 0.945. The Bertz CT molecular complexity index is 269. The quantitative estimate of drug-likeness (QED) is 0.559. The van der Waals surface area contributed by atoms with E-state index >= 15 is 0 Å². The summed E-state index contributed by atoms with van der Waals surface area (Å²) in [6.07, 6.45) is 5.79. The van der Waals surface area contributed by atoms with Gasteiger partial charge in [-0.15, -0.1) is 0 Å². The molecule has 11 heavy (non-hydrogen) atoms. The molecule has 0 heterocycles. The Hall–Kier alpha value is -1.30. The van der Waals surface area contributed by atoms with Crippen molar-refractivity contribution in [1.82, 2.24) is 0 Å². The van der Waals surface area contributed by atoms with Gasteiger partial charge < -0.3 is 0 Å². The zero-order valence-electron chi connectivity index (χ0n) is 6.75. The van der Waals surface area contributed by atoms with Crippen molar-refractivity contribution in [3.05, 3.63) is 54.1 Å². The lowest BCUT2D eigenvalue weighted by molar-refractivity contribution is 1.44. The Kier molecular flexibility index (Phi) is 2.67. The van der Waals surface area contributed by atoms with Gasteiger partial charge in [0.25, 0.3) is 0 Å². The summed E-state index contributed by atoms with van der Waals surface area (Å²) >= 11 is 0. The molecule has 0 aliphatic rings. The molecule has 1 aromatic carbocycles. The van der Waals surface area contributed by atoms with Gasteiger partial charge >= 0.3 is 0 Å². The Labute approximate surface area is 67.9 Å². The molecule has 1 aromatic rings. The molecule has 0 N–H and O–H groups in total. The molecule has 0 aliphatic heterocycles. The van der Waals surface area contributed by atoms with Gasteiger partial charge in [0.1, 0.15) is 0 Å². The maximum absolute atomic E-state index is 3.62. The van der Waals surface area contributed by atoms with Crippen LogP contribution in [0.5, 0.6) is 0 Å². The van der Waals surface area contributed by atoms with Crippen LogP contribution in [0.4, 0.5) is 0 Å². The van der Waals surface area contributed by atoms with E-state index in [1.54, 1.807) is 6.08 Å². The van der Waals surface area contributed by atoms with E-state index in [2.05, 4.69) is 31.7 Å². The van der Waals surface area contributed by atoms with Crippen LogP contribution < -0.4 is 0 Å². The molecule has 0 amide bonds. The number of rotatable bonds is 2. The van der Waals surface area contributed by atoms with Gasteiger partial charge in [0.15, 0.2) is 0 Å². The van der Waals surface area contributed by atoms with Crippen LogP contribution in [0.25, 0.3) is 6.08 Å². The summed E-state index contributed by atoms with van der Waals surface area (Å²) in [5.74, 6) is 0. The number of benzene rings is 1. The van der Waals surface area contributed by atoms with E-state index in [1.165, 1.54) is 11.1 Å². The third-order valence-electron chi connectivity index (χ3n) is 1.60. The highest BCUT2D eigenvalue weighted by Crippen LogP contribution is 2.08. The molecule has 0 aromatic heterocycles. The standard InChI is InChI=1S/C11H12/c1-3-4-8-11-9-6-5-7-10(11)2/h3-9H,1H2,2H3/b8-4-. The molecule has 0 heteroatoms. The van der Waals surface area contributed by atoms with Crippen molar-refractivity contribution in [2.45, 2.75) is 6.92 Å². The molecule has 0 saturated heterocycles. The van der Waals surface area contributed by atoms with Crippen LogP contribution in [0.1, 0.15) is 11.1 Å². The maximum atomic E-state index is 3.62. The second-order valence-corrected chi connectivity index (χ2v) is 2.45. The first kappa shape index (κ1) is 7.80. The highest BCUT2D eigenvalue weighted by molar-refractivity contribution is 5.54. The summed E-state index contributed by atoms with van der Waals surface area (Å²) in [4.78, 5) is 0. The first-order valence-corrected chi connectivity index (χ1v) is 3.69. The average Bonchev–Trinajstić information content (AvgIpc) is 2.03. The molecule has 0 bridgehead atoms. The molecule has 0 fully saturated rings. The van der Waals surface area contributed by atoms with Gasteiger partial charge in [0.2, 0.25) is 0 Å². The summed E-state index contributed by atoms with van der Waals surface area (Å²) in [6, 6.07) is 8.27. The van der Waals surface area contributed by atoms with Crippen LogP contribution in [-0.2, 0) is 0 Å². The average molecular weight is 144 g/mol. The van der Waals surface area contributed by atoms with E-state index in [1.807, 2.05) is 18.2 Å². The summed E-state index contributed by atoms with van der Waals surface area (Å²) in [5.41, 5.74) is 2.55. The predicted octanol–water partition coefficient (Wildman–Crippen LogP) is 3.19. The Morgan fingerprint density at radius 2 is 2.00 bits per heavy atom. The summed E-state index contributed by atoms with van der Waals surface area (Å²) < 4.78 is 0. The second-order valence-electron chi connectivity index (χ2n) is 2.45. The first-order valence-electron chi connectivity index (χ1n) is 3.69. The van der Waals surface area contributed by atoms with E-state index in [9.17, 15) is 0 Å². The van der Waals surface area contributed by atoms with Crippen LogP contribution in [0.2, 0.25) is 0 Å². The lowest BCUT2D eigenvalue weighted by Crippen LogP contribution is -1.76. The van der Waals surface area contributed by atoms with E-state index in [4.69, 9.17) is 0 Å². The zero-order valence-corrected chi connectivity index (χ0v) is 6.75. The van der Waals surface area contributed by atoms with Crippen molar-refractivity contribution in [3.63, 3.8) is 0 Å². The van der Waals surface area contributed by atoms with E-state index < -0.39 is 0 Å². The minimum Gasteiger partial charge on any atom is -0.0991 e. The molecular formula is C11H12. The molecule has 0 radical (unpaired) electrons. The van der Waals surface area contributed by atoms with Crippen molar-refractivity contribution in [1.29, 1.82) is 0 Å².